The number of likely N-dealkylation sites (tertiary alicyclic amines) is 1. The molecule has 2 unspecified atom stereocenters. The lowest BCUT2D eigenvalue weighted by Crippen LogP contribution is -2.32. The normalized spacial score (nSPS) is 21.9. The zero-order chi connectivity index (χ0) is 14.5. The second-order valence-electron chi connectivity index (χ2n) is 5.58. The molecular weight excluding hydrogens is 288 g/mol. The Labute approximate surface area is 133 Å². The number of rotatable bonds is 6. The third kappa shape index (κ3) is 4.70. The monoisotopic (exact) mass is 312 g/mol. The molecule has 1 aromatic carbocycles. The van der Waals surface area contributed by atoms with Crippen molar-refractivity contribution in [3.05, 3.63) is 29.8 Å². The largest absolute Gasteiger partial charge is 0.491 e. The summed E-state index contributed by atoms with van der Waals surface area (Å²) in [6.07, 6.45) is 1.17. The van der Waals surface area contributed by atoms with E-state index in [2.05, 4.69) is 11.8 Å². The molecule has 0 spiro atoms. The summed E-state index contributed by atoms with van der Waals surface area (Å²) in [5, 5.41) is 0. The number of Topliss-reactive ketones (excluding diaryl/α,β-unsaturated/α-hetero) is 1. The van der Waals surface area contributed by atoms with E-state index in [0.29, 0.717) is 29.9 Å². The maximum atomic E-state index is 11.5. The summed E-state index contributed by atoms with van der Waals surface area (Å²) in [5.41, 5.74) is 6.39. The first-order valence-electron chi connectivity index (χ1n) is 7.28. The summed E-state index contributed by atoms with van der Waals surface area (Å²) in [6.45, 7) is 7.09. The van der Waals surface area contributed by atoms with Crippen LogP contribution in [0.25, 0.3) is 0 Å². The summed E-state index contributed by atoms with van der Waals surface area (Å²) in [7, 11) is 0. The summed E-state index contributed by atoms with van der Waals surface area (Å²) < 4.78 is 5.78. The first-order valence-corrected chi connectivity index (χ1v) is 7.28. The van der Waals surface area contributed by atoms with Gasteiger partial charge in [0.05, 0.1) is 5.56 Å². The van der Waals surface area contributed by atoms with E-state index in [1.54, 1.807) is 13.0 Å². The van der Waals surface area contributed by atoms with Crippen molar-refractivity contribution in [2.75, 3.05) is 26.2 Å². The van der Waals surface area contributed by atoms with Crippen molar-refractivity contribution in [2.24, 2.45) is 11.7 Å². The van der Waals surface area contributed by atoms with Gasteiger partial charge >= 0.3 is 0 Å². The zero-order valence-electron chi connectivity index (χ0n) is 12.7. The molecule has 118 valence electrons. The molecule has 21 heavy (non-hydrogen) atoms. The number of carbonyl (C=O) groups is 1. The predicted octanol–water partition coefficient (Wildman–Crippen LogP) is 2.36. The molecule has 2 rings (SSSR count). The molecule has 4 nitrogen and oxygen atoms in total. The number of ether oxygens (including phenoxy) is 1. The maximum Gasteiger partial charge on any atom is 0.163 e. The second-order valence-corrected chi connectivity index (χ2v) is 5.58. The van der Waals surface area contributed by atoms with Gasteiger partial charge in [0.2, 0.25) is 0 Å². The number of para-hydroxylation sites is 1. The quantitative estimate of drug-likeness (QED) is 0.819. The molecule has 0 aromatic heterocycles. The second kappa shape index (κ2) is 8.37. The molecule has 0 saturated carbocycles. The topological polar surface area (TPSA) is 55.6 Å². The molecule has 1 aliphatic rings. The Balaban J connectivity index is 0.00000220. The fraction of sp³-hybridized carbons (Fsp3) is 0.562. The van der Waals surface area contributed by atoms with Gasteiger partial charge < -0.3 is 10.5 Å². The molecule has 0 radical (unpaired) electrons. The van der Waals surface area contributed by atoms with E-state index in [-0.39, 0.29) is 18.2 Å². The fourth-order valence-electron chi connectivity index (χ4n) is 2.86. The molecule has 0 amide bonds. The first-order chi connectivity index (χ1) is 9.61. The molecule has 2 N–H and O–H groups in total. The number of hydrogen-bond acceptors (Lipinski definition) is 4. The zero-order valence-corrected chi connectivity index (χ0v) is 13.6. The molecule has 1 aromatic rings. The van der Waals surface area contributed by atoms with Gasteiger partial charge in [-0.1, -0.05) is 12.1 Å². The van der Waals surface area contributed by atoms with E-state index in [9.17, 15) is 4.79 Å². The number of hydrogen-bond donors (Lipinski definition) is 1. The van der Waals surface area contributed by atoms with Crippen LogP contribution in [0.1, 0.15) is 30.6 Å². The van der Waals surface area contributed by atoms with Crippen LogP contribution in [-0.2, 0) is 0 Å². The Morgan fingerprint density at radius 3 is 2.76 bits per heavy atom. The summed E-state index contributed by atoms with van der Waals surface area (Å²) in [4.78, 5) is 13.9. The van der Waals surface area contributed by atoms with Gasteiger partial charge in [0, 0.05) is 19.1 Å². The number of nitrogens with zero attached hydrogens (tertiary/aromatic N) is 1. The van der Waals surface area contributed by atoms with Gasteiger partial charge in [-0.2, -0.15) is 0 Å². The van der Waals surface area contributed by atoms with Crippen LogP contribution in [0.4, 0.5) is 0 Å². The Morgan fingerprint density at radius 2 is 2.14 bits per heavy atom. The lowest BCUT2D eigenvalue weighted by molar-refractivity contribution is 0.101. The van der Waals surface area contributed by atoms with E-state index in [0.717, 1.165) is 19.6 Å². The lowest BCUT2D eigenvalue weighted by Gasteiger charge is -2.21. The van der Waals surface area contributed by atoms with Crippen molar-refractivity contribution in [1.82, 2.24) is 4.90 Å². The van der Waals surface area contributed by atoms with Crippen LogP contribution in [0.2, 0.25) is 0 Å². The number of benzene rings is 1. The Hall–Kier alpha value is -1.10. The van der Waals surface area contributed by atoms with E-state index in [1.165, 1.54) is 6.42 Å². The predicted molar refractivity (Wildman–Crippen MR) is 87.4 cm³/mol. The maximum absolute atomic E-state index is 11.5. The Kier molecular flexibility index (Phi) is 7.15. The molecule has 1 fully saturated rings. The van der Waals surface area contributed by atoms with Gasteiger partial charge in [0.15, 0.2) is 5.78 Å². The van der Waals surface area contributed by atoms with E-state index in [1.807, 2.05) is 18.2 Å². The third-order valence-electron chi connectivity index (χ3n) is 4.03. The molecule has 1 saturated heterocycles. The average Bonchev–Trinajstić information content (AvgIpc) is 2.80. The van der Waals surface area contributed by atoms with Crippen LogP contribution in [0.3, 0.4) is 0 Å². The highest BCUT2D eigenvalue weighted by atomic mass is 35.5. The molecule has 1 heterocycles. The minimum Gasteiger partial charge on any atom is -0.491 e. The standard InChI is InChI=1S/C16H24N2O2.ClH/c1-12-9-14(10-17)11-18(12)7-8-20-16-6-4-3-5-15(16)13(2)19;/h3-6,12,14H,7-11,17H2,1-2H3;1H. The van der Waals surface area contributed by atoms with Crippen LogP contribution < -0.4 is 10.5 Å². The third-order valence-corrected chi connectivity index (χ3v) is 4.03. The van der Waals surface area contributed by atoms with Crippen LogP contribution in [0, 0.1) is 5.92 Å². The van der Waals surface area contributed by atoms with E-state index < -0.39 is 0 Å². The van der Waals surface area contributed by atoms with Gasteiger partial charge in [0.25, 0.3) is 0 Å². The Bertz CT molecular complexity index is 467. The molecular formula is C16H25ClN2O2. The minimum absolute atomic E-state index is 0. The van der Waals surface area contributed by atoms with Gasteiger partial charge in [-0.15, -0.1) is 12.4 Å². The van der Waals surface area contributed by atoms with Gasteiger partial charge in [-0.05, 0) is 44.9 Å². The Morgan fingerprint density at radius 1 is 1.43 bits per heavy atom. The van der Waals surface area contributed by atoms with Crippen molar-refractivity contribution >= 4 is 18.2 Å². The van der Waals surface area contributed by atoms with Crippen molar-refractivity contribution in [2.45, 2.75) is 26.3 Å². The fourth-order valence-corrected chi connectivity index (χ4v) is 2.86. The molecule has 5 heteroatoms. The smallest absolute Gasteiger partial charge is 0.163 e. The van der Waals surface area contributed by atoms with Crippen molar-refractivity contribution < 1.29 is 9.53 Å². The van der Waals surface area contributed by atoms with Crippen LogP contribution in [0.5, 0.6) is 5.75 Å². The van der Waals surface area contributed by atoms with Crippen molar-refractivity contribution in [3.8, 4) is 5.75 Å². The highest BCUT2D eigenvalue weighted by Gasteiger charge is 2.27. The molecule has 1 aliphatic heterocycles. The van der Waals surface area contributed by atoms with E-state index >= 15 is 0 Å². The summed E-state index contributed by atoms with van der Waals surface area (Å²) in [5.74, 6) is 1.33. The minimum atomic E-state index is 0. The summed E-state index contributed by atoms with van der Waals surface area (Å²) in [6, 6.07) is 7.98. The van der Waals surface area contributed by atoms with Crippen LogP contribution >= 0.6 is 12.4 Å². The number of carbonyl (C=O) groups excluding carboxylic acids is 1. The van der Waals surface area contributed by atoms with Gasteiger partial charge in [-0.3, -0.25) is 9.69 Å². The summed E-state index contributed by atoms with van der Waals surface area (Å²) >= 11 is 0. The average molecular weight is 313 g/mol. The van der Waals surface area contributed by atoms with Crippen LogP contribution in [-0.4, -0.2) is 43.0 Å². The van der Waals surface area contributed by atoms with Gasteiger partial charge in [0.1, 0.15) is 12.4 Å². The first kappa shape index (κ1) is 18.0. The highest BCUT2D eigenvalue weighted by Crippen LogP contribution is 2.22. The number of nitrogens with two attached hydrogens (primary N) is 1. The van der Waals surface area contributed by atoms with Gasteiger partial charge in [-0.25, -0.2) is 0 Å². The SMILES string of the molecule is CC(=O)c1ccccc1OCCN1CC(CN)CC1C.Cl. The molecule has 2 atom stereocenters. The van der Waals surface area contributed by atoms with Crippen LogP contribution in [0.15, 0.2) is 24.3 Å². The lowest BCUT2D eigenvalue weighted by atomic mass is 10.1. The highest BCUT2D eigenvalue weighted by molar-refractivity contribution is 5.96. The van der Waals surface area contributed by atoms with Crippen molar-refractivity contribution in [1.29, 1.82) is 0 Å². The number of halogens is 1. The van der Waals surface area contributed by atoms with E-state index in [4.69, 9.17) is 10.5 Å². The molecule has 0 aliphatic carbocycles. The molecule has 0 bridgehead atoms. The number of ketones is 1. The van der Waals surface area contributed by atoms with Crippen molar-refractivity contribution in [3.63, 3.8) is 0 Å².